The number of hydrogen-bond donors (Lipinski definition) is 0. The number of rotatable bonds is 1. The molecule has 0 radical (unpaired) electrons. The normalized spacial score (nSPS) is 12.1. The second kappa shape index (κ2) is 3.73. The van der Waals surface area contributed by atoms with Crippen LogP contribution in [0.25, 0.3) is 10.9 Å². The molecule has 0 aliphatic rings. The predicted molar refractivity (Wildman–Crippen MR) is 71.6 cm³/mol. The fourth-order valence-corrected chi connectivity index (χ4v) is 2.14. The fourth-order valence-electron chi connectivity index (χ4n) is 2.14. The maximum atomic E-state index is 11.6. The Hall–Kier alpha value is -1.57. The number of fused-ring (bicyclic) bond motifs is 1. The monoisotopic (exact) mass is 229 g/mol. The molecule has 1 aromatic heterocycles. The summed E-state index contributed by atoms with van der Waals surface area (Å²) in [5, 5.41) is 1.06. The molecule has 1 aromatic carbocycles. The molecule has 0 N–H and O–H groups in total. The SMILES string of the molecule is CC(=O)c1cn(C)c2ccc(C(C)(C)C)cc12. The quantitative estimate of drug-likeness (QED) is 0.684. The van der Waals surface area contributed by atoms with Crippen LogP contribution in [-0.4, -0.2) is 10.4 Å². The lowest BCUT2D eigenvalue weighted by molar-refractivity contribution is 0.101. The van der Waals surface area contributed by atoms with Gasteiger partial charge in [0.25, 0.3) is 0 Å². The van der Waals surface area contributed by atoms with Crippen molar-refractivity contribution in [3.63, 3.8) is 0 Å². The van der Waals surface area contributed by atoms with Crippen LogP contribution in [0, 0.1) is 0 Å². The van der Waals surface area contributed by atoms with Crippen molar-refractivity contribution in [3.8, 4) is 0 Å². The summed E-state index contributed by atoms with van der Waals surface area (Å²) in [5.41, 5.74) is 3.30. The van der Waals surface area contributed by atoms with Gasteiger partial charge in [-0.1, -0.05) is 26.8 Å². The van der Waals surface area contributed by atoms with Crippen molar-refractivity contribution >= 4 is 16.7 Å². The Bertz CT molecular complexity index is 585. The van der Waals surface area contributed by atoms with Gasteiger partial charge in [0.2, 0.25) is 0 Å². The van der Waals surface area contributed by atoms with E-state index in [2.05, 4.69) is 39.0 Å². The number of hydrogen-bond acceptors (Lipinski definition) is 1. The van der Waals surface area contributed by atoms with E-state index in [9.17, 15) is 4.79 Å². The van der Waals surface area contributed by atoms with Crippen molar-refractivity contribution in [1.29, 1.82) is 0 Å². The van der Waals surface area contributed by atoms with E-state index in [1.54, 1.807) is 6.92 Å². The van der Waals surface area contributed by atoms with Crippen LogP contribution < -0.4 is 0 Å². The molecule has 2 rings (SSSR count). The van der Waals surface area contributed by atoms with Gasteiger partial charge in [-0.2, -0.15) is 0 Å². The fraction of sp³-hybridized carbons (Fsp3) is 0.400. The van der Waals surface area contributed by atoms with E-state index in [-0.39, 0.29) is 11.2 Å². The van der Waals surface area contributed by atoms with Gasteiger partial charge in [-0.15, -0.1) is 0 Å². The van der Waals surface area contributed by atoms with Crippen molar-refractivity contribution in [2.45, 2.75) is 33.1 Å². The molecule has 17 heavy (non-hydrogen) atoms. The number of benzene rings is 1. The Balaban J connectivity index is 2.75. The summed E-state index contributed by atoms with van der Waals surface area (Å²) in [6.07, 6.45) is 1.92. The molecule has 0 unspecified atom stereocenters. The molecule has 0 amide bonds. The molecule has 2 aromatic rings. The summed E-state index contributed by atoms with van der Waals surface area (Å²) in [6, 6.07) is 6.39. The lowest BCUT2D eigenvalue weighted by atomic mass is 9.86. The first-order valence-electron chi connectivity index (χ1n) is 5.91. The van der Waals surface area contributed by atoms with Crippen LogP contribution in [0.2, 0.25) is 0 Å². The third-order valence-corrected chi connectivity index (χ3v) is 3.23. The standard InChI is InChI=1S/C15H19NO/c1-10(17)13-9-16(5)14-7-6-11(8-12(13)14)15(2,3)4/h6-9H,1-5H3. The average Bonchev–Trinajstić information content (AvgIpc) is 2.54. The van der Waals surface area contributed by atoms with E-state index in [1.807, 2.05) is 17.8 Å². The van der Waals surface area contributed by atoms with E-state index in [0.717, 1.165) is 16.5 Å². The first-order valence-corrected chi connectivity index (χ1v) is 5.91. The van der Waals surface area contributed by atoms with Gasteiger partial charge in [-0.05, 0) is 30.0 Å². The third kappa shape index (κ3) is 1.99. The summed E-state index contributed by atoms with van der Waals surface area (Å²) in [6.45, 7) is 8.18. The number of nitrogens with zero attached hydrogens (tertiary/aromatic N) is 1. The lowest BCUT2D eigenvalue weighted by Crippen LogP contribution is -2.10. The number of carbonyl (C=O) groups is 1. The molecule has 0 aliphatic heterocycles. The Kier molecular flexibility index (Phi) is 2.61. The van der Waals surface area contributed by atoms with Gasteiger partial charge in [0.05, 0.1) is 0 Å². The molecule has 0 saturated heterocycles. The Morgan fingerprint density at radius 3 is 2.41 bits per heavy atom. The maximum Gasteiger partial charge on any atom is 0.161 e. The van der Waals surface area contributed by atoms with E-state index < -0.39 is 0 Å². The Morgan fingerprint density at radius 2 is 1.88 bits per heavy atom. The minimum Gasteiger partial charge on any atom is -0.350 e. The van der Waals surface area contributed by atoms with Crippen molar-refractivity contribution < 1.29 is 4.79 Å². The zero-order valence-electron chi connectivity index (χ0n) is 11.2. The highest BCUT2D eigenvalue weighted by Crippen LogP contribution is 2.28. The molecule has 0 bridgehead atoms. The molecule has 0 saturated carbocycles. The number of Topliss-reactive ketones (excluding diaryl/α,β-unsaturated/α-hetero) is 1. The molecule has 0 atom stereocenters. The highest BCUT2D eigenvalue weighted by atomic mass is 16.1. The summed E-state index contributed by atoms with van der Waals surface area (Å²) >= 11 is 0. The number of aryl methyl sites for hydroxylation is 1. The maximum absolute atomic E-state index is 11.6. The molecule has 1 heterocycles. The van der Waals surface area contributed by atoms with Crippen LogP contribution in [0.4, 0.5) is 0 Å². The van der Waals surface area contributed by atoms with E-state index in [4.69, 9.17) is 0 Å². The zero-order chi connectivity index (χ0) is 12.8. The minimum atomic E-state index is 0.109. The Labute approximate surface area is 102 Å². The van der Waals surface area contributed by atoms with Crippen LogP contribution in [0.5, 0.6) is 0 Å². The number of carbonyl (C=O) groups excluding carboxylic acids is 1. The lowest BCUT2D eigenvalue weighted by Gasteiger charge is -2.19. The summed E-state index contributed by atoms with van der Waals surface area (Å²) < 4.78 is 2.01. The smallest absolute Gasteiger partial charge is 0.161 e. The van der Waals surface area contributed by atoms with Crippen LogP contribution in [0.1, 0.15) is 43.6 Å². The highest BCUT2D eigenvalue weighted by Gasteiger charge is 2.17. The highest BCUT2D eigenvalue weighted by molar-refractivity contribution is 6.07. The first-order chi connectivity index (χ1) is 7.80. The zero-order valence-corrected chi connectivity index (χ0v) is 11.2. The van der Waals surface area contributed by atoms with E-state index in [0.29, 0.717) is 0 Å². The van der Waals surface area contributed by atoms with Crippen LogP contribution in [-0.2, 0) is 12.5 Å². The number of ketones is 1. The third-order valence-electron chi connectivity index (χ3n) is 3.23. The largest absolute Gasteiger partial charge is 0.350 e. The summed E-state index contributed by atoms with van der Waals surface area (Å²) in [7, 11) is 1.98. The summed E-state index contributed by atoms with van der Waals surface area (Å²) in [5.74, 6) is 0.127. The van der Waals surface area contributed by atoms with Gasteiger partial charge < -0.3 is 4.57 Å². The minimum absolute atomic E-state index is 0.109. The molecule has 0 aliphatic carbocycles. The van der Waals surface area contributed by atoms with Crippen molar-refractivity contribution in [3.05, 3.63) is 35.5 Å². The molecule has 0 fully saturated rings. The van der Waals surface area contributed by atoms with Crippen molar-refractivity contribution in [2.24, 2.45) is 7.05 Å². The number of aromatic nitrogens is 1. The molecule has 2 nitrogen and oxygen atoms in total. The van der Waals surface area contributed by atoms with Gasteiger partial charge in [0, 0.05) is 29.7 Å². The predicted octanol–water partition coefficient (Wildman–Crippen LogP) is 3.68. The second-order valence-electron chi connectivity index (χ2n) is 5.69. The molecule has 2 heteroatoms. The molecule has 0 spiro atoms. The molecule has 90 valence electrons. The van der Waals surface area contributed by atoms with Crippen LogP contribution >= 0.6 is 0 Å². The van der Waals surface area contributed by atoms with Crippen LogP contribution in [0.3, 0.4) is 0 Å². The summed E-state index contributed by atoms with van der Waals surface area (Å²) in [4.78, 5) is 11.6. The molecular weight excluding hydrogens is 210 g/mol. The first kappa shape index (κ1) is 11.9. The molecular formula is C15H19NO. The van der Waals surface area contributed by atoms with Gasteiger partial charge in [-0.3, -0.25) is 4.79 Å². The van der Waals surface area contributed by atoms with E-state index >= 15 is 0 Å². The van der Waals surface area contributed by atoms with Crippen molar-refractivity contribution in [1.82, 2.24) is 4.57 Å². The Morgan fingerprint density at radius 1 is 1.24 bits per heavy atom. The van der Waals surface area contributed by atoms with Gasteiger partial charge >= 0.3 is 0 Å². The van der Waals surface area contributed by atoms with Crippen molar-refractivity contribution in [2.75, 3.05) is 0 Å². The topological polar surface area (TPSA) is 22.0 Å². The van der Waals surface area contributed by atoms with Gasteiger partial charge in [0.1, 0.15) is 0 Å². The van der Waals surface area contributed by atoms with Crippen LogP contribution in [0.15, 0.2) is 24.4 Å². The van der Waals surface area contributed by atoms with Gasteiger partial charge in [-0.25, -0.2) is 0 Å². The van der Waals surface area contributed by atoms with E-state index in [1.165, 1.54) is 5.56 Å². The van der Waals surface area contributed by atoms with Gasteiger partial charge in [0.15, 0.2) is 5.78 Å². The second-order valence-corrected chi connectivity index (χ2v) is 5.69. The average molecular weight is 229 g/mol.